The van der Waals surface area contributed by atoms with E-state index in [2.05, 4.69) is 5.32 Å². The lowest BCUT2D eigenvalue weighted by Gasteiger charge is -2.33. The Morgan fingerprint density at radius 1 is 0.950 bits per heavy atom. The number of hydrogen-bond acceptors (Lipinski definition) is 5. The minimum Gasteiger partial charge on any atom is -0.497 e. The number of sulfonamides is 1. The first-order chi connectivity index (χ1) is 19.0. The Hall–Kier alpha value is -3.56. The maximum absolute atomic E-state index is 14.0. The molecule has 3 rings (SSSR count). The van der Waals surface area contributed by atoms with Crippen molar-refractivity contribution in [2.45, 2.75) is 57.6 Å². The fourth-order valence-electron chi connectivity index (χ4n) is 4.20. The second-order valence-corrected chi connectivity index (χ2v) is 12.1. The first-order valence-corrected chi connectivity index (χ1v) is 14.9. The second-order valence-electron chi connectivity index (χ2n) is 9.76. The molecule has 0 spiro atoms. The van der Waals surface area contributed by atoms with Crippen molar-refractivity contribution in [3.05, 3.63) is 88.9 Å². The van der Waals surface area contributed by atoms with Crippen LogP contribution in [0.15, 0.2) is 77.7 Å². The summed E-state index contributed by atoms with van der Waals surface area (Å²) in [5, 5.41) is 3.28. The molecule has 1 atom stereocenters. The molecule has 0 unspecified atom stereocenters. The van der Waals surface area contributed by atoms with Gasteiger partial charge in [-0.1, -0.05) is 48.4 Å². The number of ether oxygens (including phenoxy) is 1. The summed E-state index contributed by atoms with van der Waals surface area (Å²) >= 11 is 6.00. The molecule has 0 aliphatic rings. The molecule has 214 valence electrons. The van der Waals surface area contributed by atoms with Crippen LogP contribution >= 0.6 is 11.6 Å². The molecule has 0 bridgehead atoms. The fraction of sp³-hybridized carbons (Fsp3) is 0.333. The average Bonchev–Trinajstić information content (AvgIpc) is 2.92. The van der Waals surface area contributed by atoms with Gasteiger partial charge in [0.25, 0.3) is 10.0 Å². The number of rotatable bonds is 12. The van der Waals surface area contributed by atoms with E-state index in [9.17, 15) is 18.0 Å². The summed E-state index contributed by atoms with van der Waals surface area (Å²) in [6.07, 6.45) is 0.342. The number of nitrogens with one attached hydrogen (secondary N) is 1. The van der Waals surface area contributed by atoms with Gasteiger partial charge in [0.2, 0.25) is 11.8 Å². The van der Waals surface area contributed by atoms with Crippen LogP contribution in [0.25, 0.3) is 0 Å². The third kappa shape index (κ3) is 7.76. The molecule has 0 radical (unpaired) electrons. The van der Waals surface area contributed by atoms with Crippen LogP contribution in [0.5, 0.6) is 5.75 Å². The van der Waals surface area contributed by atoms with Crippen molar-refractivity contribution in [3.63, 3.8) is 0 Å². The molecule has 1 N–H and O–H groups in total. The second kappa shape index (κ2) is 13.7. The van der Waals surface area contributed by atoms with Crippen molar-refractivity contribution >= 4 is 39.1 Å². The summed E-state index contributed by atoms with van der Waals surface area (Å²) < 4.78 is 34.0. The number of halogens is 1. The lowest BCUT2D eigenvalue weighted by molar-refractivity contribution is -0.140. The fourth-order valence-corrected chi connectivity index (χ4v) is 5.74. The van der Waals surface area contributed by atoms with Crippen LogP contribution < -0.4 is 14.4 Å². The average molecular weight is 586 g/mol. The molecule has 2 amide bonds. The van der Waals surface area contributed by atoms with E-state index in [1.54, 1.807) is 43.5 Å². The molecule has 8 nitrogen and oxygen atoms in total. The lowest BCUT2D eigenvalue weighted by atomic mass is 10.1. The Morgan fingerprint density at radius 3 is 2.08 bits per heavy atom. The summed E-state index contributed by atoms with van der Waals surface area (Å²) in [5.41, 5.74) is 2.04. The third-order valence-corrected chi connectivity index (χ3v) is 8.37. The van der Waals surface area contributed by atoms with Crippen molar-refractivity contribution < 1.29 is 22.7 Å². The molecule has 0 aliphatic carbocycles. The molecule has 10 heteroatoms. The highest BCUT2D eigenvalue weighted by Gasteiger charge is 2.33. The highest BCUT2D eigenvalue weighted by atomic mass is 35.5. The van der Waals surface area contributed by atoms with E-state index in [4.69, 9.17) is 16.3 Å². The number of methoxy groups -OCH3 is 1. The van der Waals surface area contributed by atoms with Crippen LogP contribution in [0.1, 0.15) is 38.3 Å². The summed E-state index contributed by atoms with van der Waals surface area (Å²) in [7, 11) is -2.59. The van der Waals surface area contributed by atoms with Crippen molar-refractivity contribution in [3.8, 4) is 5.75 Å². The number of amides is 2. The zero-order chi connectivity index (χ0) is 29.4. The number of aryl methyl sites for hydroxylation is 1. The monoisotopic (exact) mass is 585 g/mol. The Morgan fingerprint density at radius 2 is 1.55 bits per heavy atom. The number of nitrogens with zero attached hydrogens (tertiary/aromatic N) is 2. The van der Waals surface area contributed by atoms with Crippen LogP contribution in [0.3, 0.4) is 0 Å². The van der Waals surface area contributed by atoms with Crippen LogP contribution in [-0.2, 0) is 26.2 Å². The van der Waals surface area contributed by atoms with Gasteiger partial charge in [-0.05, 0) is 81.3 Å². The zero-order valence-corrected chi connectivity index (χ0v) is 25.0. The number of carbonyl (C=O) groups is 2. The summed E-state index contributed by atoms with van der Waals surface area (Å²) in [5.74, 6) is -0.160. The molecule has 0 saturated heterocycles. The van der Waals surface area contributed by atoms with Gasteiger partial charge in [0, 0.05) is 17.6 Å². The van der Waals surface area contributed by atoms with Crippen LogP contribution in [0.4, 0.5) is 5.69 Å². The Labute approximate surface area is 241 Å². The summed E-state index contributed by atoms with van der Waals surface area (Å²) in [6, 6.07) is 18.9. The van der Waals surface area contributed by atoms with E-state index in [1.807, 2.05) is 39.8 Å². The van der Waals surface area contributed by atoms with E-state index >= 15 is 0 Å². The van der Waals surface area contributed by atoms with Gasteiger partial charge in [-0.25, -0.2) is 8.42 Å². The maximum Gasteiger partial charge on any atom is 0.264 e. The van der Waals surface area contributed by atoms with Crippen LogP contribution in [0.2, 0.25) is 5.02 Å². The SMILES string of the molecule is CC[C@@H](C(=O)NC(C)C)N(Cc1ccc(OC)cc1)C(=O)CN(c1ccc(C)cc1)S(=O)(=O)c1ccc(Cl)cc1. The molecule has 0 aromatic heterocycles. The van der Waals surface area contributed by atoms with Crippen molar-refractivity contribution in [1.82, 2.24) is 10.2 Å². The van der Waals surface area contributed by atoms with Crippen LogP contribution in [-0.4, -0.2) is 50.9 Å². The van der Waals surface area contributed by atoms with Gasteiger partial charge in [0.15, 0.2) is 0 Å². The number of carbonyl (C=O) groups excluding carboxylic acids is 2. The van der Waals surface area contributed by atoms with Gasteiger partial charge in [0.05, 0.1) is 17.7 Å². The topological polar surface area (TPSA) is 96.0 Å². The highest BCUT2D eigenvalue weighted by Crippen LogP contribution is 2.26. The van der Waals surface area contributed by atoms with Crippen molar-refractivity contribution in [2.75, 3.05) is 18.0 Å². The molecule has 0 aliphatic heterocycles. The van der Waals surface area contributed by atoms with Crippen LogP contribution in [0, 0.1) is 6.92 Å². The highest BCUT2D eigenvalue weighted by molar-refractivity contribution is 7.92. The standard InChI is InChI=1S/C30H36ClN3O5S/c1-6-28(30(36)32-21(2)3)33(19-23-9-15-26(39-5)16-10-23)29(35)20-34(25-13-7-22(4)8-14-25)40(37,38)27-17-11-24(31)12-18-27/h7-18,21,28H,6,19-20H2,1-5H3,(H,32,36)/t28-/m0/s1. The van der Waals surface area contributed by atoms with Crippen molar-refractivity contribution in [2.24, 2.45) is 0 Å². The number of benzene rings is 3. The Kier molecular flexibility index (Phi) is 10.6. The molecule has 0 fully saturated rings. The third-order valence-electron chi connectivity index (χ3n) is 6.33. The van der Waals surface area contributed by atoms with Gasteiger partial charge in [-0.3, -0.25) is 13.9 Å². The minimum atomic E-state index is -4.16. The van der Waals surface area contributed by atoms with E-state index in [-0.39, 0.29) is 23.4 Å². The van der Waals surface area contributed by atoms with E-state index in [1.165, 1.54) is 29.2 Å². The van der Waals surface area contributed by atoms with Gasteiger partial charge < -0.3 is 15.0 Å². The molecule has 0 heterocycles. The first-order valence-electron chi connectivity index (χ1n) is 13.0. The van der Waals surface area contributed by atoms with Gasteiger partial charge in [0.1, 0.15) is 18.3 Å². The Balaban J connectivity index is 2.05. The Bertz CT molecular complexity index is 1390. The van der Waals surface area contributed by atoms with Gasteiger partial charge in [-0.2, -0.15) is 0 Å². The summed E-state index contributed by atoms with van der Waals surface area (Å²) in [6.45, 7) is 7.01. The number of anilines is 1. The minimum absolute atomic E-state index is 0.00317. The molecule has 3 aromatic rings. The molecule has 40 heavy (non-hydrogen) atoms. The van der Waals surface area contributed by atoms with E-state index < -0.39 is 28.5 Å². The normalized spacial score (nSPS) is 12.1. The quantitative estimate of drug-likeness (QED) is 0.316. The predicted octanol–water partition coefficient (Wildman–Crippen LogP) is 5.18. The first kappa shape index (κ1) is 31.0. The van der Waals surface area contributed by atoms with E-state index in [0.717, 1.165) is 15.4 Å². The van der Waals surface area contributed by atoms with E-state index in [0.29, 0.717) is 22.9 Å². The largest absolute Gasteiger partial charge is 0.497 e. The number of hydrogen-bond donors (Lipinski definition) is 1. The van der Waals surface area contributed by atoms with Gasteiger partial charge >= 0.3 is 0 Å². The predicted molar refractivity (Wildman–Crippen MR) is 158 cm³/mol. The summed E-state index contributed by atoms with van der Waals surface area (Å²) in [4.78, 5) is 28.7. The maximum atomic E-state index is 14.0. The molecular weight excluding hydrogens is 550 g/mol. The smallest absolute Gasteiger partial charge is 0.264 e. The van der Waals surface area contributed by atoms with Crippen molar-refractivity contribution in [1.29, 1.82) is 0 Å². The van der Waals surface area contributed by atoms with Gasteiger partial charge in [-0.15, -0.1) is 0 Å². The lowest BCUT2D eigenvalue weighted by Crippen LogP contribution is -2.53. The molecule has 0 saturated carbocycles. The molecule has 3 aromatic carbocycles. The zero-order valence-electron chi connectivity index (χ0n) is 23.4. The molecular formula is C30H36ClN3O5S.